The molecule has 2 aromatic rings. The number of para-hydroxylation sites is 1. The molecule has 1 aliphatic rings. The molecule has 0 radical (unpaired) electrons. The number of aryl methyl sites for hydroxylation is 3. The van der Waals surface area contributed by atoms with Gasteiger partial charge in [-0.3, -0.25) is 4.79 Å². The summed E-state index contributed by atoms with van der Waals surface area (Å²) >= 11 is 1.26. The molecule has 23 heavy (non-hydrogen) atoms. The first-order chi connectivity index (χ1) is 11.0. The molecule has 1 fully saturated rings. The second-order valence-electron chi connectivity index (χ2n) is 5.64. The Balaban J connectivity index is 1.46. The zero-order valence-corrected chi connectivity index (χ0v) is 14.2. The van der Waals surface area contributed by atoms with Crippen molar-refractivity contribution in [2.75, 3.05) is 18.8 Å². The molecule has 0 N–H and O–H groups in total. The van der Waals surface area contributed by atoms with E-state index in [1.54, 1.807) is 11.8 Å². The highest BCUT2D eigenvalue weighted by Crippen LogP contribution is 2.26. The number of hydrogen-bond donors (Lipinski definition) is 0. The number of thioether (sulfide) groups is 1. The summed E-state index contributed by atoms with van der Waals surface area (Å²) in [5.41, 5.74) is 2.24. The van der Waals surface area contributed by atoms with Crippen LogP contribution in [-0.2, 0) is 4.79 Å². The maximum atomic E-state index is 12.1. The third-order valence-electron chi connectivity index (χ3n) is 3.72. The van der Waals surface area contributed by atoms with Crippen LogP contribution in [0.5, 0.6) is 5.75 Å². The number of carbonyl (C=O) groups is 1. The van der Waals surface area contributed by atoms with Gasteiger partial charge in [0.25, 0.3) is 5.22 Å². The number of amides is 1. The lowest BCUT2D eigenvalue weighted by Gasteiger charge is -2.39. The van der Waals surface area contributed by atoms with Crippen LogP contribution in [-0.4, -0.2) is 46.0 Å². The molecule has 1 aromatic carbocycles. The van der Waals surface area contributed by atoms with Crippen LogP contribution in [0.3, 0.4) is 0 Å². The number of rotatable bonds is 5. The lowest BCUT2D eigenvalue weighted by atomic mass is 10.1. The number of hydrogen-bond acceptors (Lipinski definition) is 6. The van der Waals surface area contributed by atoms with Crippen LogP contribution in [0.25, 0.3) is 0 Å². The van der Waals surface area contributed by atoms with Crippen molar-refractivity contribution >= 4 is 17.7 Å². The van der Waals surface area contributed by atoms with Crippen LogP contribution in [0.4, 0.5) is 0 Å². The molecular weight excluding hydrogens is 314 g/mol. The van der Waals surface area contributed by atoms with Crippen molar-refractivity contribution in [3.05, 3.63) is 35.2 Å². The van der Waals surface area contributed by atoms with E-state index in [-0.39, 0.29) is 12.0 Å². The van der Waals surface area contributed by atoms with Gasteiger partial charge in [0, 0.05) is 6.92 Å². The van der Waals surface area contributed by atoms with Gasteiger partial charge in [0.05, 0.1) is 18.8 Å². The van der Waals surface area contributed by atoms with Gasteiger partial charge in [-0.15, -0.1) is 10.2 Å². The zero-order chi connectivity index (χ0) is 16.4. The van der Waals surface area contributed by atoms with Crippen LogP contribution < -0.4 is 4.74 Å². The first-order valence-electron chi connectivity index (χ1n) is 7.46. The maximum absolute atomic E-state index is 12.1. The molecular formula is C16H19N3O3S. The first kappa shape index (κ1) is 15.9. The summed E-state index contributed by atoms with van der Waals surface area (Å²) in [6.45, 7) is 7.04. The number of nitrogens with zero attached hydrogens (tertiary/aromatic N) is 3. The first-order valence-corrected chi connectivity index (χ1v) is 8.45. The zero-order valence-electron chi connectivity index (χ0n) is 13.4. The highest BCUT2D eigenvalue weighted by atomic mass is 32.2. The van der Waals surface area contributed by atoms with Crippen molar-refractivity contribution in [1.82, 2.24) is 15.1 Å². The Labute approximate surface area is 139 Å². The molecule has 0 spiro atoms. The number of aromatic nitrogens is 2. The van der Waals surface area contributed by atoms with Gasteiger partial charge in [0.2, 0.25) is 11.8 Å². The predicted molar refractivity (Wildman–Crippen MR) is 86.7 cm³/mol. The second-order valence-corrected chi connectivity index (χ2v) is 6.56. The Hall–Kier alpha value is -2.02. The normalized spacial score (nSPS) is 14.7. The highest BCUT2D eigenvalue weighted by Gasteiger charge is 2.32. The summed E-state index contributed by atoms with van der Waals surface area (Å²) in [7, 11) is 0. The number of benzene rings is 1. The minimum Gasteiger partial charge on any atom is -0.486 e. The standard InChI is InChI=1S/C16H19N3O3S/c1-10-5-4-6-11(2)15(10)22-13-7-19(8-13)14(20)9-23-16-18-17-12(3)21-16/h4-6,13H,7-9H2,1-3H3. The van der Waals surface area contributed by atoms with Crippen molar-refractivity contribution in [3.8, 4) is 5.75 Å². The molecule has 1 saturated heterocycles. The predicted octanol–water partition coefficient (Wildman–Crippen LogP) is 2.38. The fourth-order valence-corrected chi connectivity index (χ4v) is 3.13. The monoisotopic (exact) mass is 333 g/mol. The molecule has 1 aromatic heterocycles. The smallest absolute Gasteiger partial charge is 0.277 e. The molecule has 0 unspecified atom stereocenters. The largest absolute Gasteiger partial charge is 0.486 e. The fraction of sp³-hybridized carbons (Fsp3) is 0.438. The van der Waals surface area contributed by atoms with E-state index in [4.69, 9.17) is 9.15 Å². The molecule has 0 saturated carbocycles. The van der Waals surface area contributed by atoms with E-state index < -0.39 is 0 Å². The molecule has 0 atom stereocenters. The van der Waals surface area contributed by atoms with Gasteiger partial charge < -0.3 is 14.1 Å². The van der Waals surface area contributed by atoms with Gasteiger partial charge in [0.1, 0.15) is 11.9 Å². The van der Waals surface area contributed by atoms with Gasteiger partial charge in [0.15, 0.2) is 0 Å². The van der Waals surface area contributed by atoms with Crippen LogP contribution in [0.2, 0.25) is 0 Å². The average Bonchev–Trinajstić information content (AvgIpc) is 2.88. The van der Waals surface area contributed by atoms with E-state index in [9.17, 15) is 4.79 Å². The van der Waals surface area contributed by atoms with Crippen molar-refractivity contribution in [2.24, 2.45) is 0 Å². The number of ether oxygens (including phenoxy) is 1. The Kier molecular flexibility index (Phi) is 4.56. The summed E-state index contributed by atoms with van der Waals surface area (Å²) in [5.74, 6) is 1.80. The topological polar surface area (TPSA) is 68.5 Å². The minimum atomic E-state index is 0.0622. The van der Waals surface area contributed by atoms with E-state index in [0.717, 1.165) is 16.9 Å². The molecule has 1 aliphatic heterocycles. The third-order valence-corrected chi connectivity index (χ3v) is 4.52. The minimum absolute atomic E-state index is 0.0622. The van der Waals surface area contributed by atoms with Gasteiger partial charge in [-0.25, -0.2) is 0 Å². The highest BCUT2D eigenvalue weighted by molar-refractivity contribution is 7.99. The molecule has 0 aliphatic carbocycles. The van der Waals surface area contributed by atoms with Crippen LogP contribution >= 0.6 is 11.8 Å². The van der Waals surface area contributed by atoms with Crippen molar-refractivity contribution in [2.45, 2.75) is 32.1 Å². The lowest BCUT2D eigenvalue weighted by Crippen LogP contribution is -2.56. The van der Waals surface area contributed by atoms with E-state index in [1.165, 1.54) is 11.8 Å². The van der Waals surface area contributed by atoms with E-state index in [1.807, 2.05) is 32.0 Å². The number of carbonyl (C=O) groups excluding carboxylic acids is 1. The van der Waals surface area contributed by atoms with E-state index >= 15 is 0 Å². The van der Waals surface area contributed by atoms with E-state index in [2.05, 4.69) is 10.2 Å². The Morgan fingerprint density at radius 2 is 2.00 bits per heavy atom. The molecule has 1 amide bonds. The lowest BCUT2D eigenvalue weighted by molar-refractivity contribution is -0.137. The molecule has 122 valence electrons. The van der Waals surface area contributed by atoms with E-state index in [0.29, 0.717) is 30.0 Å². The SMILES string of the molecule is Cc1nnc(SCC(=O)N2CC(Oc3c(C)cccc3C)C2)o1. The average molecular weight is 333 g/mol. The van der Waals surface area contributed by atoms with Gasteiger partial charge in [-0.1, -0.05) is 30.0 Å². The van der Waals surface area contributed by atoms with Crippen LogP contribution in [0, 0.1) is 20.8 Å². The quantitative estimate of drug-likeness (QED) is 0.783. The fourth-order valence-electron chi connectivity index (χ4n) is 2.42. The Morgan fingerprint density at radius 3 is 2.61 bits per heavy atom. The Morgan fingerprint density at radius 1 is 1.30 bits per heavy atom. The summed E-state index contributed by atoms with van der Waals surface area (Å²) in [4.78, 5) is 13.9. The van der Waals surface area contributed by atoms with Crippen LogP contribution in [0.15, 0.2) is 27.8 Å². The molecule has 0 bridgehead atoms. The molecule has 6 nitrogen and oxygen atoms in total. The summed E-state index contributed by atoms with van der Waals surface area (Å²) in [6.07, 6.45) is 0.0643. The van der Waals surface area contributed by atoms with Gasteiger partial charge in [-0.2, -0.15) is 0 Å². The summed E-state index contributed by atoms with van der Waals surface area (Å²) in [6, 6.07) is 6.09. The molecule has 7 heteroatoms. The molecule has 3 rings (SSSR count). The summed E-state index contributed by atoms with van der Waals surface area (Å²) < 4.78 is 11.3. The van der Waals surface area contributed by atoms with Crippen molar-refractivity contribution < 1.29 is 13.9 Å². The van der Waals surface area contributed by atoms with Gasteiger partial charge in [-0.05, 0) is 25.0 Å². The Bertz CT molecular complexity index is 690. The van der Waals surface area contributed by atoms with Gasteiger partial charge >= 0.3 is 0 Å². The second kappa shape index (κ2) is 6.62. The van der Waals surface area contributed by atoms with Crippen molar-refractivity contribution in [3.63, 3.8) is 0 Å². The third kappa shape index (κ3) is 3.67. The maximum Gasteiger partial charge on any atom is 0.277 e. The molecule has 2 heterocycles. The number of likely N-dealkylation sites (tertiary alicyclic amines) is 1. The van der Waals surface area contributed by atoms with Crippen molar-refractivity contribution in [1.29, 1.82) is 0 Å². The van der Waals surface area contributed by atoms with Crippen LogP contribution in [0.1, 0.15) is 17.0 Å². The summed E-state index contributed by atoms with van der Waals surface area (Å²) in [5, 5.41) is 8.03.